The predicted molar refractivity (Wildman–Crippen MR) is 101 cm³/mol. The second-order valence-corrected chi connectivity index (χ2v) is 8.38. The number of nitrogens with one attached hydrogen (secondary N) is 1. The normalized spacial score (nSPS) is 12.8. The lowest BCUT2D eigenvalue weighted by molar-refractivity contribution is -0.121. The lowest BCUT2D eigenvalue weighted by Gasteiger charge is -2.15. The van der Waals surface area contributed by atoms with Crippen molar-refractivity contribution < 1.29 is 17.6 Å². The van der Waals surface area contributed by atoms with E-state index in [1.54, 1.807) is 36.4 Å². The minimum Gasteiger partial charge on any atom is -0.408 e. The van der Waals surface area contributed by atoms with Crippen molar-refractivity contribution in [3.63, 3.8) is 0 Å². The number of carbonyl (C=O) groups excluding carboxylic acids is 1. The Morgan fingerprint density at radius 3 is 2.48 bits per heavy atom. The first-order valence-electron chi connectivity index (χ1n) is 8.43. The van der Waals surface area contributed by atoms with Gasteiger partial charge in [-0.25, -0.2) is 13.2 Å². The minimum absolute atomic E-state index is 0.120. The highest BCUT2D eigenvalue weighted by atomic mass is 32.2. The third kappa shape index (κ3) is 4.28. The maximum Gasteiger partial charge on any atom is 0.419 e. The summed E-state index contributed by atoms with van der Waals surface area (Å²) in [6.45, 7) is 2.02. The number of oxazole rings is 1. The van der Waals surface area contributed by atoms with Crippen LogP contribution in [0.1, 0.15) is 24.9 Å². The summed E-state index contributed by atoms with van der Waals surface area (Å²) < 4.78 is 29.6. The zero-order chi connectivity index (χ0) is 19.6. The van der Waals surface area contributed by atoms with Gasteiger partial charge in [-0.15, -0.1) is 0 Å². The van der Waals surface area contributed by atoms with E-state index in [-0.39, 0.29) is 29.8 Å². The minimum atomic E-state index is -3.25. The van der Waals surface area contributed by atoms with Crippen molar-refractivity contribution in [2.75, 3.05) is 6.26 Å². The van der Waals surface area contributed by atoms with Crippen LogP contribution in [0.3, 0.4) is 0 Å². The Kier molecular flexibility index (Phi) is 5.18. The number of para-hydroxylation sites is 2. The van der Waals surface area contributed by atoms with Crippen LogP contribution in [0.25, 0.3) is 11.1 Å². The van der Waals surface area contributed by atoms with Crippen molar-refractivity contribution in [2.45, 2.75) is 30.8 Å². The lowest BCUT2D eigenvalue weighted by atomic mass is 10.1. The summed E-state index contributed by atoms with van der Waals surface area (Å²) in [4.78, 5) is 24.4. The molecule has 0 aliphatic heterocycles. The van der Waals surface area contributed by atoms with Crippen LogP contribution >= 0.6 is 0 Å². The van der Waals surface area contributed by atoms with Crippen molar-refractivity contribution in [3.8, 4) is 0 Å². The third-order valence-corrected chi connectivity index (χ3v) is 5.45. The van der Waals surface area contributed by atoms with Gasteiger partial charge in [0.15, 0.2) is 15.4 Å². The van der Waals surface area contributed by atoms with E-state index in [0.717, 1.165) is 11.8 Å². The van der Waals surface area contributed by atoms with E-state index >= 15 is 0 Å². The van der Waals surface area contributed by atoms with Crippen LogP contribution in [0.2, 0.25) is 0 Å². The number of sulfone groups is 1. The molecule has 0 bridgehead atoms. The van der Waals surface area contributed by atoms with Crippen molar-refractivity contribution in [3.05, 3.63) is 64.6 Å². The number of rotatable bonds is 6. The fourth-order valence-electron chi connectivity index (χ4n) is 2.84. The molecule has 27 heavy (non-hydrogen) atoms. The molecule has 142 valence electrons. The Bertz CT molecular complexity index is 1130. The Morgan fingerprint density at radius 2 is 1.81 bits per heavy atom. The molecule has 0 aliphatic carbocycles. The maximum atomic E-state index is 12.2. The Labute approximate surface area is 156 Å². The molecule has 1 atom stereocenters. The van der Waals surface area contributed by atoms with E-state index in [2.05, 4.69) is 5.32 Å². The van der Waals surface area contributed by atoms with Crippen molar-refractivity contribution in [2.24, 2.45) is 0 Å². The molecular formula is C19H20N2O5S. The summed E-state index contributed by atoms with van der Waals surface area (Å²) in [6, 6.07) is 13.2. The van der Waals surface area contributed by atoms with E-state index in [4.69, 9.17) is 4.42 Å². The van der Waals surface area contributed by atoms with Gasteiger partial charge in [-0.1, -0.05) is 24.3 Å². The number of benzene rings is 2. The number of carbonyl (C=O) groups is 1. The number of aryl methyl sites for hydroxylation is 1. The molecule has 1 amide bonds. The molecule has 0 radical (unpaired) electrons. The molecule has 0 saturated heterocycles. The number of nitrogens with zero attached hydrogens (tertiary/aromatic N) is 1. The first-order valence-corrected chi connectivity index (χ1v) is 10.3. The van der Waals surface area contributed by atoms with Gasteiger partial charge in [0.05, 0.1) is 16.5 Å². The van der Waals surface area contributed by atoms with Gasteiger partial charge in [-0.3, -0.25) is 9.36 Å². The smallest absolute Gasteiger partial charge is 0.408 e. The van der Waals surface area contributed by atoms with Gasteiger partial charge in [0, 0.05) is 19.2 Å². The molecule has 1 heterocycles. The zero-order valence-electron chi connectivity index (χ0n) is 15.0. The molecule has 0 spiro atoms. The fourth-order valence-corrected chi connectivity index (χ4v) is 3.47. The van der Waals surface area contributed by atoms with Crippen molar-refractivity contribution >= 4 is 26.8 Å². The van der Waals surface area contributed by atoms with Crippen LogP contribution in [0.15, 0.2) is 62.6 Å². The average Bonchev–Trinajstić information content (AvgIpc) is 2.94. The quantitative estimate of drug-likeness (QED) is 0.698. The van der Waals surface area contributed by atoms with Crippen LogP contribution in [0, 0.1) is 0 Å². The number of fused-ring (bicyclic) bond motifs is 1. The molecule has 0 aliphatic rings. The summed E-state index contributed by atoms with van der Waals surface area (Å²) >= 11 is 0. The molecule has 3 aromatic rings. The van der Waals surface area contributed by atoms with Gasteiger partial charge in [0.1, 0.15) is 0 Å². The molecule has 0 saturated carbocycles. The summed E-state index contributed by atoms with van der Waals surface area (Å²) in [7, 11) is -3.25. The first kappa shape index (κ1) is 18.9. The molecule has 0 unspecified atom stereocenters. The van der Waals surface area contributed by atoms with Crippen molar-refractivity contribution in [1.82, 2.24) is 9.88 Å². The second-order valence-electron chi connectivity index (χ2n) is 6.37. The standard InChI is InChI=1S/C19H20N2O5S/c1-13(14-7-9-15(10-8-14)27(2,24)25)20-18(22)11-12-21-16-5-3-4-6-17(16)26-19(21)23/h3-10,13H,11-12H2,1-2H3,(H,20,22)/t13-/m1/s1. The molecule has 1 N–H and O–H groups in total. The highest BCUT2D eigenvalue weighted by Gasteiger charge is 2.14. The Balaban J connectivity index is 1.63. The van der Waals surface area contributed by atoms with Crippen LogP contribution in [-0.4, -0.2) is 25.1 Å². The maximum absolute atomic E-state index is 12.2. The Morgan fingerprint density at radius 1 is 1.15 bits per heavy atom. The molecular weight excluding hydrogens is 368 g/mol. The molecule has 0 fully saturated rings. The largest absolute Gasteiger partial charge is 0.419 e. The highest BCUT2D eigenvalue weighted by Crippen LogP contribution is 2.17. The van der Waals surface area contributed by atoms with E-state index in [9.17, 15) is 18.0 Å². The summed E-state index contributed by atoms with van der Waals surface area (Å²) in [5.41, 5.74) is 1.93. The predicted octanol–water partition coefficient (Wildman–Crippen LogP) is 2.27. The number of aromatic nitrogens is 1. The highest BCUT2D eigenvalue weighted by molar-refractivity contribution is 7.90. The van der Waals surface area contributed by atoms with E-state index < -0.39 is 15.6 Å². The van der Waals surface area contributed by atoms with Gasteiger partial charge in [0.25, 0.3) is 0 Å². The number of hydrogen-bond donors (Lipinski definition) is 1. The molecule has 8 heteroatoms. The third-order valence-electron chi connectivity index (χ3n) is 4.32. The van der Waals surface area contributed by atoms with Gasteiger partial charge < -0.3 is 9.73 Å². The second kappa shape index (κ2) is 7.40. The van der Waals surface area contributed by atoms with Gasteiger partial charge in [-0.2, -0.15) is 0 Å². The van der Waals surface area contributed by atoms with Crippen LogP contribution in [-0.2, 0) is 21.2 Å². The van der Waals surface area contributed by atoms with Crippen molar-refractivity contribution in [1.29, 1.82) is 0 Å². The number of hydrogen-bond acceptors (Lipinski definition) is 5. The van der Waals surface area contributed by atoms with Gasteiger partial charge in [0.2, 0.25) is 5.91 Å². The van der Waals surface area contributed by atoms with Gasteiger partial charge >= 0.3 is 5.76 Å². The van der Waals surface area contributed by atoms with Crippen LogP contribution in [0.4, 0.5) is 0 Å². The van der Waals surface area contributed by atoms with Gasteiger partial charge in [-0.05, 0) is 36.8 Å². The summed E-state index contributed by atoms with van der Waals surface area (Å²) in [6.07, 6.45) is 1.27. The monoisotopic (exact) mass is 388 g/mol. The summed E-state index contributed by atoms with van der Waals surface area (Å²) in [5, 5.41) is 2.85. The molecule has 1 aromatic heterocycles. The Hall–Kier alpha value is -2.87. The SMILES string of the molecule is C[C@@H](NC(=O)CCn1c(=O)oc2ccccc21)c1ccc(S(C)(=O)=O)cc1. The molecule has 7 nitrogen and oxygen atoms in total. The fraction of sp³-hybridized carbons (Fsp3) is 0.263. The van der Waals surface area contributed by atoms with Crippen LogP contribution in [0.5, 0.6) is 0 Å². The first-order chi connectivity index (χ1) is 12.8. The average molecular weight is 388 g/mol. The molecule has 2 aromatic carbocycles. The van der Waals surface area contributed by atoms with E-state index in [0.29, 0.717) is 11.1 Å². The lowest BCUT2D eigenvalue weighted by Crippen LogP contribution is -2.28. The van der Waals surface area contributed by atoms with E-state index in [1.165, 1.54) is 16.7 Å². The number of amides is 1. The zero-order valence-corrected chi connectivity index (χ0v) is 15.8. The summed E-state index contributed by atoms with van der Waals surface area (Å²) in [5.74, 6) is -0.708. The van der Waals surface area contributed by atoms with E-state index in [1.807, 2.05) is 6.92 Å². The van der Waals surface area contributed by atoms with Crippen LogP contribution < -0.4 is 11.1 Å². The topological polar surface area (TPSA) is 98.4 Å². The molecule has 3 rings (SSSR count).